The van der Waals surface area contributed by atoms with E-state index in [1.807, 2.05) is 96.1 Å². The lowest BCUT2D eigenvalue weighted by Crippen LogP contribution is -2.43. The Morgan fingerprint density at radius 2 is 1.22 bits per heavy atom. The first kappa shape index (κ1) is 35.5. The fourth-order valence-corrected chi connectivity index (χ4v) is 9.05. The number of amides is 2. The van der Waals surface area contributed by atoms with Crippen molar-refractivity contribution in [1.82, 2.24) is 29.7 Å². The zero-order chi connectivity index (χ0) is 36.4. The van der Waals surface area contributed by atoms with Crippen LogP contribution in [0.15, 0.2) is 60.7 Å². The van der Waals surface area contributed by atoms with Gasteiger partial charge in [-0.1, -0.05) is 83.9 Å². The average molecular weight is 751 g/mol. The fourth-order valence-electron chi connectivity index (χ4n) is 6.81. The molecule has 13 heteroatoms. The Balaban J connectivity index is 1.06. The van der Waals surface area contributed by atoms with Gasteiger partial charge in [0.1, 0.15) is 56.3 Å². The van der Waals surface area contributed by atoms with Gasteiger partial charge in [0.2, 0.25) is 0 Å². The van der Waals surface area contributed by atoms with Crippen LogP contribution in [-0.2, 0) is 20.4 Å². The van der Waals surface area contributed by atoms with Crippen molar-refractivity contribution < 1.29 is 19.1 Å². The van der Waals surface area contributed by atoms with Crippen LogP contribution in [0.1, 0.15) is 71.7 Å². The highest BCUT2D eigenvalue weighted by Crippen LogP contribution is 2.46. The first-order valence-electron chi connectivity index (χ1n) is 17.0. The summed E-state index contributed by atoms with van der Waals surface area (Å²) in [6.45, 7) is 11.2. The van der Waals surface area contributed by atoms with E-state index in [1.54, 1.807) is 9.80 Å². The Morgan fingerprint density at radius 3 is 1.69 bits per heavy atom. The maximum Gasteiger partial charge on any atom is 0.414 e. The molecule has 0 bridgehead atoms. The molecule has 7 rings (SSSR count). The molecule has 2 aromatic heterocycles. The molecule has 2 N–H and O–H groups in total. The summed E-state index contributed by atoms with van der Waals surface area (Å²) >= 11 is 13.4. The highest BCUT2D eigenvalue weighted by atomic mass is 35.5. The van der Waals surface area contributed by atoms with Gasteiger partial charge in [-0.3, -0.25) is 4.90 Å². The van der Waals surface area contributed by atoms with Gasteiger partial charge in [0.05, 0.1) is 18.3 Å². The number of likely N-dealkylation sites (tertiary alicyclic amines) is 1. The molecule has 5 atom stereocenters. The molecule has 1 aliphatic carbocycles. The molecule has 2 saturated heterocycles. The van der Waals surface area contributed by atoms with Crippen molar-refractivity contribution in [2.75, 3.05) is 17.9 Å². The number of ether oxygens (including phenoxy) is 2. The predicted molar refractivity (Wildman–Crippen MR) is 203 cm³/mol. The lowest BCUT2D eigenvalue weighted by atomic mass is 9.89. The second-order valence-electron chi connectivity index (χ2n) is 15.4. The Bertz CT molecular complexity index is 1980. The zero-order valence-electron chi connectivity index (χ0n) is 29.8. The lowest BCUT2D eigenvalue weighted by Gasteiger charge is -2.33. The van der Waals surface area contributed by atoms with Crippen molar-refractivity contribution in [1.29, 1.82) is 0 Å². The molecule has 268 valence electrons. The number of benzene rings is 2. The maximum atomic E-state index is 13.2. The summed E-state index contributed by atoms with van der Waals surface area (Å²) in [7, 11) is 0.0173. The van der Waals surface area contributed by atoms with Gasteiger partial charge in [-0.2, -0.15) is 0 Å². The lowest BCUT2D eigenvalue weighted by molar-refractivity contribution is 0.0155. The number of imidazole rings is 2. The summed E-state index contributed by atoms with van der Waals surface area (Å²) in [6.07, 6.45) is 6.40. The fraction of sp³-hybridized carbons (Fsp3) is 0.421. The van der Waals surface area contributed by atoms with E-state index < -0.39 is 11.2 Å². The van der Waals surface area contributed by atoms with E-state index in [1.165, 1.54) is 0 Å². The molecule has 2 amide bonds. The smallest absolute Gasteiger partial charge is 0.414 e. The number of nitrogens with zero attached hydrogens (tertiary/aromatic N) is 4. The van der Waals surface area contributed by atoms with Crippen LogP contribution in [-0.4, -0.2) is 77.1 Å². The molecule has 4 aromatic rings. The Morgan fingerprint density at radius 1 is 0.745 bits per heavy atom. The summed E-state index contributed by atoms with van der Waals surface area (Å²) in [5, 5.41) is 0.857. The minimum Gasteiger partial charge on any atom is -0.444 e. The van der Waals surface area contributed by atoms with Crippen molar-refractivity contribution in [3.63, 3.8) is 0 Å². The Labute approximate surface area is 311 Å². The number of nitrogens with one attached hydrogen (secondary N) is 2. The summed E-state index contributed by atoms with van der Waals surface area (Å²) in [5.41, 5.74) is 3.87. The number of hydrogen-bond acceptors (Lipinski definition) is 6. The van der Waals surface area contributed by atoms with Gasteiger partial charge in [0.25, 0.3) is 0 Å². The molecule has 0 saturated carbocycles. The van der Waals surface area contributed by atoms with Gasteiger partial charge in [0.15, 0.2) is 5.88 Å². The van der Waals surface area contributed by atoms with E-state index in [9.17, 15) is 9.59 Å². The average Bonchev–Trinajstić information content (AvgIpc) is 3.79. The van der Waals surface area contributed by atoms with Crippen LogP contribution in [0.2, 0.25) is 10.3 Å². The highest BCUT2D eigenvalue weighted by Gasteiger charge is 2.49. The van der Waals surface area contributed by atoms with Gasteiger partial charge in [0, 0.05) is 27.9 Å². The number of halogens is 2. The third kappa shape index (κ3) is 7.25. The number of carbonyl (C=O) groups excluding carboxylic acids is 2. The molecule has 2 aromatic carbocycles. The van der Waals surface area contributed by atoms with Crippen molar-refractivity contribution in [2.24, 2.45) is 5.92 Å². The van der Waals surface area contributed by atoms with Gasteiger partial charge in [-0.05, 0) is 59.1 Å². The molecular formula is C38H43Cl2N6O4S+. The largest absolute Gasteiger partial charge is 0.444 e. The third-order valence-electron chi connectivity index (χ3n) is 9.19. The molecular weight excluding hydrogens is 707 g/mol. The molecule has 51 heavy (non-hydrogen) atoms. The van der Waals surface area contributed by atoms with E-state index in [2.05, 4.69) is 22.3 Å². The molecule has 2 aliphatic heterocycles. The van der Waals surface area contributed by atoms with Crippen LogP contribution in [0.5, 0.6) is 0 Å². The number of aromatic nitrogens is 4. The third-order valence-corrected chi connectivity index (χ3v) is 11.3. The summed E-state index contributed by atoms with van der Waals surface area (Å²) in [4.78, 5) is 46.0. The molecule has 0 radical (unpaired) electrons. The molecule has 4 heterocycles. The minimum absolute atomic E-state index is 0.000104. The second kappa shape index (κ2) is 13.2. The first-order valence-corrected chi connectivity index (χ1v) is 19.8. The Kier molecular flexibility index (Phi) is 9.21. The summed E-state index contributed by atoms with van der Waals surface area (Å²) in [6, 6.07) is 15.6. The predicted octanol–water partition coefficient (Wildman–Crippen LogP) is 9.17. The zero-order valence-corrected chi connectivity index (χ0v) is 32.1. The van der Waals surface area contributed by atoms with Crippen LogP contribution in [0.25, 0.3) is 33.6 Å². The van der Waals surface area contributed by atoms with E-state index in [0.717, 1.165) is 34.4 Å². The first-order chi connectivity index (χ1) is 24.0. The van der Waals surface area contributed by atoms with Crippen LogP contribution < -0.4 is 0 Å². The van der Waals surface area contributed by atoms with Crippen molar-refractivity contribution in [2.45, 2.75) is 77.3 Å². The molecule has 0 spiro atoms. The SMILES string of the molecule is C[S+]1C[C@@H](c2nc(-c3ccc(-c4ccc(-c5nc([C@@H]6C[C@H]7C=C[C@H]7N6C(=O)OC(C)(C)C)[nH]c5Cl)cc4)cc3)c(Cl)[nH]2)N(C(=O)OC(C)(C)C)C1. The number of carbonyl (C=O) groups is 2. The standard InChI is InChI=1S/C38H43Cl2N6O4S/c1-37(2,3)49-35(47)45-20-51(7)19-28(45)34-42-30(32(40)44-34)24-14-10-22(11-15-24)21-8-12-23(13-9-21)29-31(39)43-33(41-29)27-18-25-16-17-26(25)46(27)36(48)50-38(4,5)6/h8-17,25-28H,18-20H2,1-7H3,(H,41,43)(H,42,44)/q+1/t25-,26-,27+,28+,51?/m1/s1. The molecule has 1 unspecified atom stereocenters. The van der Waals surface area contributed by atoms with Crippen LogP contribution in [0.3, 0.4) is 0 Å². The van der Waals surface area contributed by atoms with Gasteiger partial charge < -0.3 is 19.4 Å². The van der Waals surface area contributed by atoms with Crippen molar-refractivity contribution in [3.8, 4) is 33.6 Å². The number of H-pyrrole nitrogens is 2. The molecule has 3 aliphatic rings. The number of hydrogen-bond donors (Lipinski definition) is 2. The van der Waals surface area contributed by atoms with Gasteiger partial charge in [-0.15, -0.1) is 0 Å². The topological polar surface area (TPSA) is 116 Å². The van der Waals surface area contributed by atoms with Gasteiger partial charge in [-0.25, -0.2) is 24.5 Å². The van der Waals surface area contributed by atoms with E-state index in [4.69, 9.17) is 42.6 Å². The maximum absolute atomic E-state index is 13.2. The van der Waals surface area contributed by atoms with Crippen LogP contribution >= 0.6 is 23.2 Å². The molecule has 2 fully saturated rings. The Hall–Kier alpha value is -3.93. The normalized spacial score (nSPS) is 23.0. The van der Waals surface area contributed by atoms with E-state index >= 15 is 0 Å². The quantitative estimate of drug-likeness (QED) is 0.155. The van der Waals surface area contributed by atoms with Gasteiger partial charge >= 0.3 is 12.2 Å². The summed E-state index contributed by atoms with van der Waals surface area (Å²) < 4.78 is 11.4. The number of aromatic amines is 2. The highest BCUT2D eigenvalue weighted by molar-refractivity contribution is 7.96. The molecule has 10 nitrogen and oxygen atoms in total. The van der Waals surface area contributed by atoms with Crippen LogP contribution in [0.4, 0.5) is 9.59 Å². The second-order valence-corrected chi connectivity index (χ2v) is 18.4. The van der Waals surface area contributed by atoms with Crippen LogP contribution in [0, 0.1) is 5.92 Å². The van der Waals surface area contributed by atoms with E-state index in [0.29, 0.717) is 39.2 Å². The summed E-state index contributed by atoms with van der Waals surface area (Å²) in [5.74, 6) is 3.01. The number of fused-ring (bicyclic) bond motifs is 1. The minimum atomic E-state index is -0.599. The number of rotatable bonds is 5. The van der Waals surface area contributed by atoms with E-state index in [-0.39, 0.29) is 47.1 Å². The van der Waals surface area contributed by atoms with Crippen molar-refractivity contribution in [3.05, 3.63) is 82.6 Å². The monoisotopic (exact) mass is 749 g/mol. The van der Waals surface area contributed by atoms with Crippen molar-refractivity contribution >= 4 is 46.3 Å².